The van der Waals surface area contributed by atoms with Crippen molar-refractivity contribution in [1.29, 1.82) is 0 Å². The maximum absolute atomic E-state index is 13.0. The molecule has 0 saturated carbocycles. The SMILES string of the molecule is CNS(=O)(=O)c1cc(Cl)cc(F)c1F. The molecule has 1 aromatic carbocycles. The largest absolute Gasteiger partial charge is 0.243 e. The molecule has 1 N–H and O–H groups in total. The Morgan fingerprint density at radius 3 is 2.43 bits per heavy atom. The summed E-state index contributed by atoms with van der Waals surface area (Å²) in [7, 11) is -2.93. The first-order valence-electron chi connectivity index (χ1n) is 3.46. The van der Waals surface area contributed by atoms with E-state index >= 15 is 0 Å². The summed E-state index contributed by atoms with van der Waals surface area (Å²) in [4.78, 5) is -0.801. The summed E-state index contributed by atoms with van der Waals surface area (Å²) in [6.45, 7) is 0. The number of hydrogen-bond donors (Lipinski definition) is 1. The van der Waals surface area contributed by atoms with Crippen molar-refractivity contribution in [3.63, 3.8) is 0 Å². The molecule has 0 aliphatic carbocycles. The second kappa shape index (κ2) is 3.80. The lowest BCUT2D eigenvalue weighted by molar-refractivity contribution is 0.484. The molecule has 0 spiro atoms. The third-order valence-corrected chi connectivity index (χ3v) is 3.15. The molecule has 78 valence electrons. The predicted octanol–water partition coefficient (Wildman–Crippen LogP) is 1.53. The molecule has 0 fully saturated rings. The molecular formula is C7H6ClF2NO2S. The Morgan fingerprint density at radius 2 is 1.93 bits per heavy atom. The molecule has 1 rings (SSSR count). The standard InChI is InChI=1S/C7H6ClF2NO2S/c1-11-14(12,13)6-3-4(8)2-5(9)7(6)10/h2-3,11H,1H3. The van der Waals surface area contributed by atoms with Gasteiger partial charge in [-0.3, -0.25) is 0 Å². The minimum Gasteiger partial charge on any atom is -0.214 e. The molecule has 0 aromatic heterocycles. The minimum absolute atomic E-state index is 0.183. The lowest BCUT2D eigenvalue weighted by Crippen LogP contribution is -2.20. The van der Waals surface area contributed by atoms with Crippen molar-refractivity contribution < 1.29 is 17.2 Å². The highest BCUT2D eigenvalue weighted by atomic mass is 35.5. The summed E-state index contributed by atoms with van der Waals surface area (Å²) in [6.07, 6.45) is 0. The van der Waals surface area contributed by atoms with Crippen molar-refractivity contribution >= 4 is 21.6 Å². The summed E-state index contributed by atoms with van der Waals surface area (Å²) >= 11 is 5.39. The van der Waals surface area contributed by atoms with E-state index in [0.29, 0.717) is 6.07 Å². The van der Waals surface area contributed by atoms with E-state index in [1.807, 2.05) is 4.72 Å². The van der Waals surface area contributed by atoms with Gasteiger partial charge in [-0.05, 0) is 19.2 Å². The fourth-order valence-corrected chi connectivity index (χ4v) is 1.94. The van der Waals surface area contributed by atoms with Gasteiger partial charge in [0, 0.05) is 5.02 Å². The monoisotopic (exact) mass is 241 g/mol. The van der Waals surface area contributed by atoms with Crippen molar-refractivity contribution in [2.45, 2.75) is 4.90 Å². The highest BCUT2D eigenvalue weighted by Crippen LogP contribution is 2.22. The lowest BCUT2D eigenvalue weighted by atomic mass is 10.3. The van der Waals surface area contributed by atoms with Crippen molar-refractivity contribution in [2.24, 2.45) is 0 Å². The Kier molecular flexibility index (Phi) is 3.08. The Morgan fingerprint density at radius 1 is 1.36 bits per heavy atom. The van der Waals surface area contributed by atoms with Crippen molar-refractivity contribution in [1.82, 2.24) is 4.72 Å². The lowest BCUT2D eigenvalue weighted by Gasteiger charge is -2.04. The maximum atomic E-state index is 13.0. The molecule has 0 heterocycles. The maximum Gasteiger partial charge on any atom is 0.243 e. The second-order valence-electron chi connectivity index (χ2n) is 2.41. The first-order valence-corrected chi connectivity index (χ1v) is 5.32. The molecule has 0 unspecified atom stereocenters. The van der Waals surface area contributed by atoms with Gasteiger partial charge in [-0.2, -0.15) is 0 Å². The molecule has 0 aliphatic heterocycles. The Balaban J connectivity index is 3.50. The van der Waals surface area contributed by atoms with Crippen LogP contribution in [0.2, 0.25) is 5.02 Å². The number of sulfonamides is 1. The van der Waals surface area contributed by atoms with Crippen LogP contribution in [0.4, 0.5) is 8.78 Å². The van der Waals surface area contributed by atoms with Gasteiger partial charge in [0.15, 0.2) is 11.6 Å². The van der Waals surface area contributed by atoms with Gasteiger partial charge in [0.25, 0.3) is 0 Å². The van der Waals surface area contributed by atoms with Gasteiger partial charge in [0.2, 0.25) is 10.0 Å². The van der Waals surface area contributed by atoms with Crippen molar-refractivity contribution in [3.8, 4) is 0 Å². The van der Waals surface area contributed by atoms with Gasteiger partial charge in [0.1, 0.15) is 4.90 Å². The number of nitrogens with one attached hydrogen (secondary N) is 1. The normalized spacial score (nSPS) is 11.7. The molecular weight excluding hydrogens is 236 g/mol. The Hall–Kier alpha value is -0.720. The molecule has 0 amide bonds. The topological polar surface area (TPSA) is 46.2 Å². The van der Waals surface area contributed by atoms with Crippen LogP contribution in [-0.2, 0) is 10.0 Å². The summed E-state index contributed by atoms with van der Waals surface area (Å²) in [5, 5.41) is -0.183. The molecule has 7 heteroatoms. The van der Waals surface area contributed by atoms with Gasteiger partial charge in [0.05, 0.1) is 0 Å². The van der Waals surface area contributed by atoms with E-state index < -0.39 is 26.6 Å². The Bertz CT molecular complexity index is 461. The van der Waals surface area contributed by atoms with Crippen LogP contribution in [-0.4, -0.2) is 15.5 Å². The van der Waals surface area contributed by atoms with Crippen LogP contribution in [0.5, 0.6) is 0 Å². The minimum atomic E-state index is -4.02. The highest BCUT2D eigenvalue weighted by molar-refractivity contribution is 7.89. The third kappa shape index (κ3) is 2.02. The van der Waals surface area contributed by atoms with Gasteiger partial charge < -0.3 is 0 Å². The molecule has 0 radical (unpaired) electrons. The average Bonchev–Trinajstić information content (AvgIpc) is 2.11. The molecule has 0 saturated heterocycles. The smallest absolute Gasteiger partial charge is 0.214 e. The zero-order valence-corrected chi connectivity index (χ0v) is 8.59. The van der Waals surface area contributed by atoms with Crippen LogP contribution >= 0.6 is 11.6 Å². The number of benzene rings is 1. The van der Waals surface area contributed by atoms with Crippen LogP contribution in [0.15, 0.2) is 17.0 Å². The van der Waals surface area contributed by atoms with E-state index in [0.717, 1.165) is 13.1 Å². The van der Waals surface area contributed by atoms with E-state index in [1.165, 1.54) is 0 Å². The fraction of sp³-hybridized carbons (Fsp3) is 0.143. The quantitative estimate of drug-likeness (QED) is 0.798. The first kappa shape index (κ1) is 11.4. The Labute approximate surface area is 84.7 Å². The third-order valence-electron chi connectivity index (χ3n) is 1.52. The molecule has 0 atom stereocenters. The zero-order chi connectivity index (χ0) is 10.9. The number of hydrogen-bond acceptors (Lipinski definition) is 2. The molecule has 14 heavy (non-hydrogen) atoms. The van der Waals surface area contributed by atoms with Gasteiger partial charge >= 0.3 is 0 Å². The summed E-state index contributed by atoms with van der Waals surface area (Å²) in [5.41, 5.74) is 0. The molecule has 0 bridgehead atoms. The van der Waals surface area contributed by atoms with Gasteiger partial charge in [-0.15, -0.1) is 0 Å². The van der Waals surface area contributed by atoms with Crippen LogP contribution < -0.4 is 4.72 Å². The average molecular weight is 242 g/mol. The highest BCUT2D eigenvalue weighted by Gasteiger charge is 2.20. The summed E-state index contributed by atoms with van der Waals surface area (Å²) in [6, 6.07) is 1.54. The van der Waals surface area contributed by atoms with Crippen molar-refractivity contribution in [3.05, 3.63) is 28.8 Å². The predicted molar refractivity (Wildman–Crippen MR) is 47.6 cm³/mol. The molecule has 0 aliphatic rings. The van der Waals surface area contributed by atoms with E-state index in [-0.39, 0.29) is 5.02 Å². The summed E-state index contributed by atoms with van der Waals surface area (Å²) < 4.78 is 49.9. The van der Waals surface area contributed by atoms with E-state index in [9.17, 15) is 17.2 Å². The number of halogens is 3. The second-order valence-corrected chi connectivity index (χ2v) is 4.70. The van der Waals surface area contributed by atoms with E-state index in [2.05, 4.69) is 0 Å². The van der Waals surface area contributed by atoms with E-state index in [4.69, 9.17) is 11.6 Å². The van der Waals surface area contributed by atoms with Gasteiger partial charge in [-0.1, -0.05) is 11.6 Å². The molecule has 1 aromatic rings. The first-order chi connectivity index (χ1) is 6.38. The van der Waals surface area contributed by atoms with Crippen molar-refractivity contribution in [2.75, 3.05) is 7.05 Å². The van der Waals surface area contributed by atoms with Crippen LogP contribution in [0.1, 0.15) is 0 Å². The summed E-state index contributed by atoms with van der Waals surface area (Å²) in [5.74, 6) is -2.74. The van der Waals surface area contributed by atoms with Crippen LogP contribution in [0.25, 0.3) is 0 Å². The van der Waals surface area contributed by atoms with Crippen LogP contribution in [0.3, 0.4) is 0 Å². The zero-order valence-electron chi connectivity index (χ0n) is 7.01. The van der Waals surface area contributed by atoms with Crippen LogP contribution in [0, 0.1) is 11.6 Å². The van der Waals surface area contributed by atoms with E-state index in [1.54, 1.807) is 0 Å². The number of rotatable bonds is 2. The fourth-order valence-electron chi connectivity index (χ4n) is 0.838. The van der Waals surface area contributed by atoms with Gasteiger partial charge in [-0.25, -0.2) is 21.9 Å². The molecule has 3 nitrogen and oxygen atoms in total.